The summed E-state index contributed by atoms with van der Waals surface area (Å²) in [7, 11) is 2.06. The number of hydrazine groups is 1. The van der Waals surface area contributed by atoms with Crippen LogP contribution in [-0.2, 0) is 6.54 Å². The number of nitro benzene ring substituents is 1. The zero-order chi connectivity index (χ0) is 12.4. The molecule has 6 heteroatoms. The maximum Gasteiger partial charge on any atom is 0.293 e. The van der Waals surface area contributed by atoms with Crippen molar-refractivity contribution >= 4 is 11.4 Å². The van der Waals surface area contributed by atoms with E-state index in [1.165, 1.54) is 18.9 Å². The van der Waals surface area contributed by atoms with Gasteiger partial charge in [0, 0.05) is 18.7 Å². The zero-order valence-electron chi connectivity index (χ0n) is 9.72. The summed E-state index contributed by atoms with van der Waals surface area (Å²) in [6.45, 7) is 0.789. The molecule has 3 N–H and O–H groups in total. The van der Waals surface area contributed by atoms with Gasteiger partial charge in [-0.2, -0.15) is 0 Å². The second kappa shape index (κ2) is 4.68. The van der Waals surface area contributed by atoms with E-state index in [1.807, 2.05) is 0 Å². The fourth-order valence-corrected chi connectivity index (χ4v) is 1.89. The van der Waals surface area contributed by atoms with E-state index >= 15 is 0 Å². The lowest BCUT2D eigenvalue weighted by Crippen LogP contribution is -2.20. The van der Waals surface area contributed by atoms with Crippen molar-refractivity contribution in [1.29, 1.82) is 0 Å². The minimum atomic E-state index is -0.441. The normalized spacial score (nSPS) is 15.0. The van der Waals surface area contributed by atoms with Gasteiger partial charge < -0.3 is 5.43 Å². The van der Waals surface area contributed by atoms with Gasteiger partial charge in [0.25, 0.3) is 5.69 Å². The molecule has 0 aromatic heterocycles. The topological polar surface area (TPSA) is 84.4 Å². The summed E-state index contributed by atoms with van der Waals surface area (Å²) >= 11 is 0. The average Bonchev–Trinajstić information content (AvgIpc) is 3.12. The highest BCUT2D eigenvalue weighted by Crippen LogP contribution is 2.29. The molecular formula is C11H16N4O2. The van der Waals surface area contributed by atoms with Crippen LogP contribution < -0.4 is 11.3 Å². The number of benzene rings is 1. The van der Waals surface area contributed by atoms with Crippen LogP contribution in [-0.4, -0.2) is 22.9 Å². The predicted octanol–water partition coefficient (Wildman–Crippen LogP) is 1.47. The summed E-state index contributed by atoms with van der Waals surface area (Å²) in [6, 6.07) is 5.67. The molecule has 0 heterocycles. The Kier molecular flexibility index (Phi) is 3.26. The fraction of sp³-hybridized carbons (Fsp3) is 0.455. The molecule has 6 nitrogen and oxygen atoms in total. The van der Waals surface area contributed by atoms with Crippen LogP contribution in [0.3, 0.4) is 0 Å². The number of anilines is 1. The summed E-state index contributed by atoms with van der Waals surface area (Å²) in [5, 5.41) is 10.7. The van der Waals surface area contributed by atoms with Crippen molar-refractivity contribution in [2.24, 2.45) is 5.84 Å². The molecule has 1 aromatic carbocycles. The van der Waals surface area contributed by atoms with E-state index in [1.54, 1.807) is 12.1 Å². The van der Waals surface area contributed by atoms with Gasteiger partial charge in [-0.3, -0.25) is 20.9 Å². The smallest absolute Gasteiger partial charge is 0.293 e. The number of nitrogens with two attached hydrogens (primary N) is 1. The van der Waals surface area contributed by atoms with Crippen LogP contribution in [0, 0.1) is 10.1 Å². The molecule has 1 aromatic rings. The van der Waals surface area contributed by atoms with Crippen molar-refractivity contribution < 1.29 is 4.92 Å². The van der Waals surface area contributed by atoms with Gasteiger partial charge in [0.05, 0.1) is 4.92 Å². The third-order valence-corrected chi connectivity index (χ3v) is 3.02. The summed E-state index contributed by atoms with van der Waals surface area (Å²) in [5.41, 5.74) is 3.76. The number of nitrogens with zero attached hydrogens (tertiary/aromatic N) is 2. The standard InChI is InChI=1S/C11H16N4O2/c1-14(9-3-4-9)7-8-2-5-11(15(16)17)10(6-8)13-12/h2,5-6,9,13H,3-4,7,12H2,1H3. The summed E-state index contributed by atoms with van der Waals surface area (Å²) in [6.07, 6.45) is 2.48. The van der Waals surface area contributed by atoms with Crippen LogP contribution >= 0.6 is 0 Å². The SMILES string of the molecule is CN(Cc1ccc([N+](=O)[O-])c(NN)c1)C1CC1. The second-order valence-electron chi connectivity index (χ2n) is 4.40. The van der Waals surface area contributed by atoms with Crippen molar-refractivity contribution in [3.8, 4) is 0 Å². The molecule has 0 spiro atoms. The largest absolute Gasteiger partial charge is 0.318 e. The molecule has 17 heavy (non-hydrogen) atoms. The van der Waals surface area contributed by atoms with Crippen molar-refractivity contribution in [1.82, 2.24) is 4.90 Å². The summed E-state index contributed by atoms with van der Waals surface area (Å²) in [4.78, 5) is 12.5. The second-order valence-corrected chi connectivity index (χ2v) is 4.40. The van der Waals surface area contributed by atoms with Crippen LogP contribution in [0.4, 0.5) is 11.4 Å². The molecule has 1 aliphatic carbocycles. The monoisotopic (exact) mass is 236 g/mol. The molecule has 0 aliphatic heterocycles. The molecule has 0 radical (unpaired) electrons. The van der Waals surface area contributed by atoms with Crippen LogP contribution in [0.25, 0.3) is 0 Å². The Morgan fingerprint density at radius 1 is 1.59 bits per heavy atom. The molecule has 0 bridgehead atoms. The lowest BCUT2D eigenvalue weighted by Gasteiger charge is -2.16. The van der Waals surface area contributed by atoms with Gasteiger partial charge >= 0.3 is 0 Å². The van der Waals surface area contributed by atoms with E-state index in [9.17, 15) is 10.1 Å². The zero-order valence-corrected chi connectivity index (χ0v) is 9.72. The number of rotatable bonds is 5. The first-order chi connectivity index (χ1) is 8.11. The number of hydrogen-bond donors (Lipinski definition) is 2. The maximum atomic E-state index is 10.7. The van der Waals surface area contributed by atoms with Crippen molar-refractivity contribution in [3.63, 3.8) is 0 Å². The molecule has 0 amide bonds. The first kappa shape index (κ1) is 11.8. The Labute approximate surface area is 99.5 Å². The van der Waals surface area contributed by atoms with Gasteiger partial charge in [0.2, 0.25) is 0 Å². The summed E-state index contributed by atoms with van der Waals surface area (Å²) < 4.78 is 0. The van der Waals surface area contributed by atoms with Crippen molar-refractivity contribution in [3.05, 3.63) is 33.9 Å². The Hall–Kier alpha value is -1.66. The number of nitrogens with one attached hydrogen (secondary N) is 1. The molecule has 1 aliphatic rings. The predicted molar refractivity (Wildman–Crippen MR) is 65.4 cm³/mol. The van der Waals surface area contributed by atoms with Gasteiger partial charge in [0.15, 0.2) is 0 Å². The minimum absolute atomic E-state index is 0.00493. The first-order valence-electron chi connectivity index (χ1n) is 5.56. The minimum Gasteiger partial charge on any atom is -0.318 e. The van der Waals surface area contributed by atoms with E-state index in [0.717, 1.165) is 12.1 Å². The fourth-order valence-electron chi connectivity index (χ4n) is 1.89. The maximum absolute atomic E-state index is 10.7. The van der Waals surface area contributed by atoms with Crippen LogP contribution in [0.15, 0.2) is 18.2 Å². The quantitative estimate of drug-likeness (QED) is 0.459. The van der Waals surface area contributed by atoms with Gasteiger partial charge in [-0.05, 0) is 31.5 Å². The van der Waals surface area contributed by atoms with Crippen molar-refractivity contribution in [2.75, 3.05) is 12.5 Å². The van der Waals surface area contributed by atoms with Crippen LogP contribution in [0.1, 0.15) is 18.4 Å². The summed E-state index contributed by atoms with van der Waals surface area (Å²) in [5.74, 6) is 5.29. The van der Waals surface area contributed by atoms with Gasteiger partial charge in [-0.15, -0.1) is 0 Å². The van der Waals surface area contributed by atoms with E-state index in [0.29, 0.717) is 11.7 Å². The highest BCUT2D eigenvalue weighted by atomic mass is 16.6. The van der Waals surface area contributed by atoms with E-state index in [2.05, 4.69) is 17.4 Å². The van der Waals surface area contributed by atoms with E-state index in [-0.39, 0.29) is 5.69 Å². The third-order valence-electron chi connectivity index (χ3n) is 3.02. The average molecular weight is 236 g/mol. The highest BCUT2D eigenvalue weighted by Gasteiger charge is 2.26. The van der Waals surface area contributed by atoms with Gasteiger partial charge in [0.1, 0.15) is 5.69 Å². The van der Waals surface area contributed by atoms with E-state index < -0.39 is 4.92 Å². The van der Waals surface area contributed by atoms with Gasteiger partial charge in [-0.25, -0.2) is 0 Å². The first-order valence-corrected chi connectivity index (χ1v) is 5.56. The lowest BCUT2D eigenvalue weighted by atomic mass is 10.1. The molecule has 92 valence electrons. The van der Waals surface area contributed by atoms with Crippen LogP contribution in [0.5, 0.6) is 0 Å². The van der Waals surface area contributed by atoms with Crippen molar-refractivity contribution in [2.45, 2.75) is 25.4 Å². The number of nitrogen functional groups attached to an aromatic ring is 1. The van der Waals surface area contributed by atoms with Crippen LogP contribution in [0.2, 0.25) is 0 Å². The molecule has 0 atom stereocenters. The Balaban J connectivity index is 2.15. The third kappa shape index (κ3) is 2.72. The molecule has 1 saturated carbocycles. The molecule has 0 unspecified atom stereocenters. The Morgan fingerprint density at radius 3 is 2.82 bits per heavy atom. The Bertz CT molecular complexity index is 431. The number of nitro groups is 1. The van der Waals surface area contributed by atoms with E-state index in [4.69, 9.17) is 5.84 Å². The highest BCUT2D eigenvalue weighted by molar-refractivity contribution is 5.62. The molecule has 0 saturated heterocycles. The molecular weight excluding hydrogens is 220 g/mol. The Morgan fingerprint density at radius 2 is 2.29 bits per heavy atom. The van der Waals surface area contributed by atoms with Gasteiger partial charge in [-0.1, -0.05) is 6.07 Å². The lowest BCUT2D eigenvalue weighted by molar-refractivity contribution is -0.384. The molecule has 1 fully saturated rings. The molecule has 2 rings (SSSR count). The number of hydrogen-bond acceptors (Lipinski definition) is 5.